The molecule has 0 saturated carbocycles. The molecule has 30 heavy (non-hydrogen) atoms. The Balaban J connectivity index is 1.23. The van der Waals surface area contributed by atoms with Gasteiger partial charge in [-0.05, 0) is 62.7 Å². The van der Waals surface area contributed by atoms with Gasteiger partial charge in [-0.25, -0.2) is 0 Å². The number of hydrogen-bond acceptors (Lipinski definition) is 4. The van der Waals surface area contributed by atoms with E-state index >= 15 is 0 Å². The van der Waals surface area contributed by atoms with Crippen molar-refractivity contribution in [3.63, 3.8) is 0 Å². The highest BCUT2D eigenvalue weighted by molar-refractivity contribution is 5.94. The second-order valence-corrected chi connectivity index (χ2v) is 8.70. The van der Waals surface area contributed by atoms with Gasteiger partial charge in [-0.2, -0.15) is 0 Å². The first-order valence-electron chi connectivity index (χ1n) is 11.6. The maximum atomic E-state index is 12.3. The van der Waals surface area contributed by atoms with Gasteiger partial charge in [0.05, 0.1) is 6.61 Å². The van der Waals surface area contributed by atoms with E-state index in [1.54, 1.807) is 0 Å². The lowest BCUT2D eigenvalue weighted by atomic mass is 10.00. The molecule has 1 fully saturated rings. The molecule has 0 bridgehead atoms. The predicted octanol–water partition coefficient (Wildman–Crippen LogP) is 3.75. The van der Waals surface area contributed by atoms with Gasteiger partial charge in [-0.3, -0.25) is 9.59 Å². The fourth-order valence-corrected chi connectivity index (χ4v) is 4.27. The highest BCUT2D eigenvalue weighted by Crippen LogP contribution is 2.27. The monoisotopic (exact) mass is 415 g/mol. The smallest absolute Gasteiger partial charge is 0.224 e. The first-order valence-corrected chi connectivity index (χ1v) is 11.6. The number of unbranched alkanes of at least 4 members (excludes halogenated alkanes) is 3. The number of nitrogens with one attached hydrogen (secondary N) is 2. The zero-order valence-electron chi connectivity index (χ0n) is 18.4. The lowest BCUT2D eigenvalue weighted by Gasteiger charge is -2.18. The van der Waals surface area contributed by atoms with Crippen LogP contribution >= 0.6 is 0 Å². The fraction of sp³-hybridized carbons (Fsp3) is 0.667. The summed E-state index contributed by atoms with van der Waals surface area (Å²) in [4.78, 5) is 25.7. The van der Waals surface area contributed by atoms with Crippen LogP contribution in [0.3, 0.4) is 0 Å². The van der Waals surface area contributed by atoms with Crippen LogP contribution < -0.4 is 15.4 Å². The molecule has 2 N–H and O–H groups in total. The maximum absolute atomic E-state index is 12.3. The maximum Gasteiger partial charge on any atom is 0.224 e. The summed E-state index contributed by atoms with van der Waals surface area (Å²) >= 11 is 0. The van der Waals surface area contributed by atoms with E-state index in [-0.39, 0.29) is 11.8 Å². The summed E-state index contributed by atoms with van der Waals surface area (Å²) in [6, 6.07) is 5.82. The lowest BCUT2D eigenvalue weighted by molar-refractivity contribution is -0.130. The minimum atomic E-state index is 0.0550. The summed E-state index contributed by atoms with van der Waals surface area (Å²) < 4.78 is 5.78. The quantitative estimate of drug-likeness (QED) is 0.510. The zero-order chi connectivity index (χ0) is 21.2. The van der Waals surface area contributed by atoms with Crippen molar-refractivity contribution in [3.05, 3.63) is 23.8 Å². The molecule has 1 aromatic rings. The van der Waals surface area contributed by atoms with Gasteiger partial charge in [0, 0.05) is 38.2 Å². The second-order valence-electron chi connectivity index (χ2n) is 8.70. The molecule has 1 unspecified atom stereocenters. The van der Waals surface area contributed by atoms with Gasteiger partial charge in [0.1, 0.15) is 5.75 Å². The molecular formula is C24H37N3O3. The van der Waals surface area contributed by atoms with E-state index in [9.17, 15) is 9.59 Å². The summed E-state index contributed by atoms with van der Waals surface area (Å²) in [6.07, 6.45) is 10.1. The fourth-order valence-electron chi connectivity index (χ4n) is 4.27. The Bertz CT molecular complexity index is 701. The van der Waals surface area contributed by atoms with Crippen molar-refractivity contribution in [1.82, 2.24) is 10.2 Å². The number of hydrogen-bond donors (Lipinski definition) is 2. The predicted molar refractivity (Wildman–Crippen MR) is 120 cm³/mol. The van der Waals surface area contributed by atoms with Gasteiger partial charge < -0.3 is 20.3 Å². The van der Waals surface area contributed by atoms with Crippen LogP contribution in [0.25, 0.3) is 0 Å². The highest BCUT2D eigenvalue weighted by atomic mass is 16.5. The minimum Gasteiger partial charge on any atom is -0.494 e. The van der Waals surface area contributed by atoms with Gasteiger partial charge in [0.25, 0.3) is 0 Å². The Morgan fingerprint density at radius 2 is 2.03 bits per heavy atom. The van der Waals surface area contributed by atoms with Gasteiger partial charge in [0.2, 0.25) is 11.8 Å². The zero-order valence-corrected chi connectivity index (χ0v) is 18.4. The molecule has 0 radical (unpaired) electrons. The average Bonchev–Trinajstić information content (AvgIpc) is 3.26. The molecule has 1 aromatic carbocycles. The lowest BCUT2D eigenvalue weighted by Crippen LogP contribution is -2.27. The molecule has 2 aliphatic rings. The van der Waals surface area contributed by atoms with Crippen LogP contribution in [-0.4, -0.2) is 50.0 Å². The Labute approximate surface area is 180 Å². The first kappa shape index (κ1) is 22.6. The van der Waals surface area contributed by atoms with Gasteiger partial charge in [-0.1, -0.05) is 25.3 Å². The number of aryl methyl sites for hydroxylation is 1. The summed E-state index contributed by atoms with van der Waals surface area (Å²) in [5.74, 6) is 1.87. The van der Waals surface area contributed by atoms with Gasteiger partial charge >= 0.3 is 0 Å². The summed E-state index contributed by atoms with van der Waals surface area (Å²) in [7, 11) is 1.90. The van der Waals surface area contributed by atoms with E-state index in [2.05, 4.69) is 10.6 Å². The average molecular weight is 416 g/mol. The Hall–Kier alpha value is -2.08. The van der Waals surface area contributed by atoms with E-state index in [4.69, 9.17) is 4.74 Å². The third kappa shape index (κ3) is 7.31. The molecule has 2 aliphatic heterocycles. The third-order valence-corrected chi connectivity index (χ3v) is 6.22. The van der Waals surface area contributed by atoms with Crippen LogP contribution in [0.15, 0.2) is 18.2 Å². The number of benzene rings is 1. The van der Waals surface area contributed by atoms with E-state index in [0.717, 1.165) is 42.3 Å². The van der Waals surface area contributed by atoms with Crippen LogP contribution in [-0.2, 0) is 16.0 Å². The van der Waals surface area contributed by atoms with Crippen LogP contribution in [0.1, 0.15) is 63.4 Å². The molecule has 2 heterocycles. The standard InChI is InChI=1S/C24H37N3O3/c1-27(15-5-3-2-4-7-19-13-14-25-18-19)24(29)8-6-16-30-21-11-9-20-10-12-23(28)26-22(20)17-21/h9,11,17,19,25H,2-8,10,12-16,18H2,1H3,(H,26,28). The van der Waals surface area contributed by atoms with Crippen molar-refractivity contribution in [3.8, 4) is 5.75 Å². The molecule has 0 spiro atoms. The number of amides is 2. The normalized spacial score (nSPS) is 18.0. The van der Waals surface area contributed by atoms with Crippen molar-refractivity contribution >= 4 is 17.5 Å². The Morgan fingerprint density at radius 3 is 2.87 bits per heavy atom. The molecule has 0 aromatic heterocycles. The largest absolute Gasteiger partial charge is 0.494 e. The number of fused-ring (bicyclic) bond motifs is 1. The minimum absolute atomic E-state index is 0.0550. The van der Waals surface area contributed by atoms with Crippen molar-refractivity contribution in [2.24, 2.45) is 5.92 Å². The number of carbonyl (C=O) groups is 2. The highest BCUT2D eigenvalue weighted by Gasteiger charge is 2.15. The Morgan fingerprint density at radius 1 is 1.17 bits per heavy atom. The van der Waals surface area contributed by atoms with Crippen molar-refractivity contribution in [2.45, 2.75) is 64.2 Å². The van der Waals surface area contributed by atoms with Crippen LogP contribution in [0.4, 0.5) is 5.69 Å². The van der Waals surface area contributed by atoms with E-state index in [1.807, 2.05) is 30.1 Å². The van der Waals surface area contributed by atoms with Crippen LogP contribution in [0, 0.1) is 5.92 Å². The molecule has 1 atom stereocenters. The number of carbonyl (C=O) groups excluding carboxylic acids is 2. The van der Waals surface area contributed by atoms with Crippen molar-refractivity contribution in [2.75, 3.05) is 38.6 Å². The van der Waals surface area contributed by atoms with E-state index < -0.39 is 0 Å². The van der Waals surface area contributed by atoms with Gasteiger partial charge in [-0.15, -0.1) is 0 Å². The number of anilines is 1. The van der Waals surface area contributed by atoms with Crippen LogP contribution in [0.2, 0.25) is 0 Å². The number of rotatable bonds is 12. The molecular weight excluding hydrogens is 378 g/mol. The molecule has 2 amide bonds. The summed E-state index contributed by atoms with van der Waals surface area (Å²) in [6.45, 7) is 3.73. The topological polar surface area (TPSA) is 70.7 Å². The summed E-state index contributed by atoms with van der Waals surface area (Å²) in [5.41, 5.74) is 1.99. The van der Waals surface area contributed by atoms with Crippen molar-refractivity contribution in [1.29, 1.82) is 0 Å². The van der Waals surface area contributed by atoms with Crippen LogP contribution in [0.5, 0.6) is 5.75 Å². The number of nitrogens with zero attached hydrogens (tertiary/aromatic N) is 1. The van der Waals surface area contributed by atoms with Gasteiger partial charge in [0.15, 0.2) is 0 Å². The third-order valence-electron chi connectivity index (χ3n) is 6.22. The molecule has 0 aliphatic carbocycles. The van der Waals surface area contributed by atoms with E-state index in [0.29, 0.717) is 25.9 Å². The number of ether oxygens (including phenoxy) is 1. The molecule has 166 valence electrons. The summed E-state index contributed by atoms with van der Waals surface area (Å²) in [5, 5.41) is 6.32. The Kier molecular flexibility index (Phi) is 9.00. The second kappa shape index (κ2) is 11.9. The molecule has 6 nitrogen and oxygen atoms in total. The SMILES string of the molecule is CN(CCCCCCC1CCNC1)C(=O)CCCOc1ccc2c(c1)NC(=O)CC2. The molecule has 3 rings (SSSR count). The first-order chi connectivity index (χ1) is 14.6. The molecule has 1 saturated heterocycles. The van der Waals surface area contributed by atoms with Crippen molar-refractivity contribution < 1.29 is 14.3 Å². The molecule has 6 heteroatoms. The van der Waals surface area contributed by atoms with E-state index in [1.165, 1.54) is 45.2 Å².